The molecule has 150 valence electrons. The van der Waals surface area contributed by atoms with Crippen molar-refractivity contribution in [3.05, 3.63) is 0 Å². The molecule has 7 aliphatic rings. The zero-order valence-electron chi connectivity index (χ0n) is 15.9. The minimum absolute atomic E-state index is 0.180. The van der Waals surface area contributed by atoms with Gasteiger partial charge in [-0.15, -0.1) is 0 Å². The van der Waals surface area contributed by atoms with Crippen LogP contribution in [0.5, 0.6) is 0 Å². The van der Waals surface area contributed by atoms with Crippen LogP contribution in [0, 0.1) is 17.8 Å². The van der Waals surface area contributed by atoms with E-state index in [1.54, 1.807) is 0 Å². The van der Waals surface area contributed by atoms with Gasteiger partial charge in [-0.05, 0) is 38.0 Å². The van der Waals surface area contributed by atoms with E-state index in [2.05, 4.69) is 0 Å². The minimum Gasteiger partial charge on any atom is -0.459 e. The van der Waals surface area contributed by atoms with Crippen LogP contribution >= 0.6 is 0 Å². The van der Waals surface area contributed by atoms with Crippen LogP contribution in [-0.4, -0.2) is 42.1 Å². The lowest BCUT2D eigenvalue weighted by Crippen LogP contribution is -2.65. The zero-order valence-corrected chi connectivity index (χ0v) is 15.9. The zero-order chi connectivity index (χ0) is 18.3. The molecule has 3 spiro atoms. The van der Waals surface area contributed by atoms with Crippen molar-refractivity contribution in [3.8, 4) is 0 Å². The summed E-state index contributed by atoms with van der Waals surface area (Å²) >= 11 is 0. The molecule has 7 heteroatoms. The first-order valence-electron chi connectivity index (χ1n) is 10.5. The molecule has 2 atom stereocenters. The second-order valence-corrected chi connectivity index (χ2v) is 9.63. The Kier molecular flexibility index (Phi) is 3.46. The van der Waals surface area contributed by atoms with Crippen LogP contribution in [0.3, 0.4) is 0 Å². The van der Waals surface area contributed by atoms with Crippen molar-refractivity contribution in [1.29, 1.82) is 0 Å². The third-order valence-corrected chi connectivity index (χ3v) is 7.89. The molecule has 27 heavy (non-hydrogen) atoms. The van der Waals surface area contributed by atoms with E-state index in [1.807, 2.05) is 0 Å². The molecule has 7 rings (SSSR count). The standard InChI is InChI=1S/C20H28O7/c1-13(21)24-17-10-14-8-15(11-17)20(16(9-14)12-17)25-19(26-27-20)4-2-18(3-5-19)22-6-7-23-18/h14-16H,2-12H2,1H3. The summed E-state index contributed by atoms with van der Waals surface area (Å²) in [4.78, 5) is 23.7. The molecule has 4 bridgehead atoms. The van der Waals surface area contributed by atoms with E-state index < -0.39 is 17.4 Å². The molecule has 5 saturated carbocycles. The highest BCUT2D eigenvalue weighted by Gasteiger charge is 2.71. The van der Waals surface area contributed by atoms with Crippen LogP contribution < -0.4 is 0 Å². The van der Waals surface area contributed by atoms with Crippen molar-refractivity contribution >= 4 is 5.97 Å². The highest BCUT2D eigenvalue weighted by atomic mass is 17.3. The number of esters is 1. The summed E-state index contributed by atoms with van der Waals surface area (Å²) in [5.41, 5.74) is -0.321. The molecule has 2 aliphatic heterocycles. The molecule has 0 aromatic carbocycles. The summed E-state index contributed by atoms with van der Waals surface area (Å²) in [6.45, 7) is 2.85. The average Bonchev–Trinajstić information content (AvgIpc) is 3.21. The Labute approximate surface area is 158 Å². The smallest absolute Gasteiger partial charge is 0.303 e. The molecular formula is C20H28O7. The molecule has 0 radical (unpaired) electrons. The molecule has 5 aliphatic carbocycles. The molecule has 2 heterocycles. The molecule has 7 fully saturated rings. The summed E-state index contributed by atoms with van der Waals surface area (Å²) in [5.74, 6) is -0.966. The predicted molar refractivity (Wildman–Crippen MR) is 89.9 cm³/mol. The van der Waals surface area contributed by atoms with Crippen LogP contribution in [0.25, 0.3) is 0 Å². The van der Waals surface area contributed by atoms with Gasteiger partial charge in [-0.3, -0.25) is 4.79 Å². The quantitative estimate of drug-likeness (QED) is 0.512. The lowest BCUT2D eigenvalue weighted by Gasteiger charge is -2.61. The predicted octanol–water partition coefficient (Wildman–Crippen LogP) is 2.82. The van der Waals surface area contributed by atoms with Gasteiger partial charge >= 0.3 is 5.97 Å². The van der Waals surface area contributed by atoms with Gasteiger partial charge in [0, 0.05) is 44.4 Å². The second-order valence-electron chi connectivity index (χ2n) is 9.63. The topological polar surface area (TPSA) is 72.5 Å². The van der Waals surface area contributed by atoms with Crippen molar-refractivity contribution in [2.45, 2.75) is 87.7 Å². The van der Waals surface area contributed by atoms with Gasteiger partial charge in [0.1, 0.15) is 5.60 Å². The summed E-state index contributed by atoms with van der Waals surface area (Å²) in [5, 5.41) is 0. The summed E-state index contributed by atoms with van der Waals surface area (Å²) in [6, 6.07) is 0. The highest BCUT2D eigenvalue weighted by Crippen LogP contribution is 2.66. The van der Waals surface area contributed by atoms with Crippen molar-refractivity contribution in [2.24, 2.45) is 17.8 Å². The first kappa shape index (κ1) is 17.2. The average molecular weight is 380 g/mol. The molecule has 0 aromatic heterocycles. The van der Waals surface area contributed by atoms with E-state index >= 15 is 0 Å². The first-order valence-corrected chi connectivity index (χ1v) is 10.5. The Morgan fingerprint density at radius 1 is 0.889 bits per heavy atom. The van der Waals surface area contributed by atoms with Gasteiger partial charge in [0.2, 0.25) is 11.6 Å². The minimum atomic E-state index is -0.690. The Morgan fingerprint density at radius 3 is 2.15 bits per heavy atom. The van der Waals surface area contributed by atoms with E-state index in [0.29, 0.717) is 32.0 Å². The number of carbonyl (C=O) groups is 1. The lowest BCUT2D eigenvalue weighted by molar-refractivity contribution is -0.399. The highest BCUT2D eigenvalue weighted by molar-refractivity contribution is 5.66. The van der Waals surface area contributed by atoms with Gasteiger partial charge in [-0.1, -0.05) is 0 Å². The van der Waals surface area contributed by atoms with Crippen LogP contribution in [0.4, 0.5) is 0 Å². The first-order chi connectivity index (χ1) is 12.9. The summed E-state index contributed by atoms with van der Waals surface area (Å²) in [6.07, 6.45) is 7.70. The number of hydrogen-bond acceptors (Lipinski definition) is 7. The fourth-order valence-corrected chi connectivity index (χ4v) is 7.04. The van der Waals surface area contributed by atoms with E-state index in [4.69, 9.17) is 28.7 Å². The van der Waals surface area contributed by atoms with Crippen molar-refractivity contribution in [1.82, 2.24) is 0 Å². The fraction of sp³-hybridized carbons (Fsp3) is 0.950. The molecule has 7 nitrogen and oxygen atoms in total. The fourth-order valence-electron chi connectivity index (χ4n) is 7.04. The SMILES string of the molecule is CC(=O)OC12CC3CC(C1)C1(OOC4(CCC5(CC4)OCCO5)O1)C(C3)C2. The van der Waals surface area contributed by atoms with Crippen LogP contribution in [0.1, 0.15) is 64.7 Å². The Balaban J connectivity index is 1.22. The maximum absolute atomic E-state index is 11.7. The lowest BCUT2D eigenvalue weighted by atomic mass is 9.51. The van der Waals surface area contributed by atoms with Gasteiger partial charge in [0.25, 0.3) is 0 Å². The van der Waals surface area contributed by atoms with Crippen molar-refractivity contribution in [3.63, 3.8) is 0 Å². The molecule has 2 unspecified atom stereocenters. The van der Waals surface area contributed by atoms with E-state index in [1.165, 1.54) is 6.92 Å². The molecule has 2 saturated heterocycles. The van der Waals surface area contributed by atoms with Crippen LogP contribution in [-0.2, 0) is 33.5 Å². The molecular weight excluding hydrogens is 352 g/mol. The second kappa shape index (κ2) is 5.45. The molecule has 0 amide bonds. The normalized spacial score (nSPS) is 48.7. The maximum Gasteiger partial charge on any atom is 0.303 e. The van der Waals surface area contributed by atoms with Crippen molar-refractivity contribution in [2.75, 3.05) is 13.2 Å². The third kappa shape index (κ3) is 2.42. The van der Waals surface area contributed by atoms with Gasteiger partial charge in [-0.2, -0.15) is 9.78 Å². The van der Waals surface area contributed by atoms with Gasteiger partial charge in [0.15, 0.2) is 5.79 Å². The Hall–Kier alpha value is -0.730. The Morgan fingerprint density at radius 2 is 1.52 bits per heavy atom. The Bertz CT molecular complexity index is 629. The largest absolute Gasteiger partial charge is 0.459 e. The number of carbonyl (C=O) groups excluding carboxylic acids is 1. The van der Waals surface area contributed by atoms with E-state index in [-0.39, 0.29) is 23.4 Å². The maximum atomic E-state index is 11.7. The molecule has 0 aromatic rings. The van der Waals surface area contributed by atoms with Crippen molar-refractivity contribution < 1.29 is 33.5 Å². The molecule has 0 N–H and O–H groups in total. The van der Waals surface area contributed by atoms with E-state index in [0.717, 1.165) is 44.9 Å². The van der Waals surface area contributed by atoms with Gasteiger partial charge in [0.05, 0.1) is 13.2 Å². The summed E-state index contributed by atoms with van der Waals surface area (Å²) in [7, 11) is 0. The number of ether oxygens (including phenoxy) is 4. The van der Waals surface area contributed by atoms with Gasteiger partial charge < -0.3 is 18.9 Å². The van der Waals surface area contributed by atoms with Crippen LogP contribution in [0.15, 0.2) is 0 Å². The number of hydrogen-bond donors (Lipinski definition) is 0. The number of rotatable bonds is 1. The van der Waals surface area contributed by atoms with E-state index in [9.17, 15) is 4.79 Å². The van der Waals surface area contributed by atoms with Gasteiger partial charge in [-0.25, -0.2) is 0 Å². The summed E-state index contributed by atoms with van der Waals surface area (Å²) < 4.78 is 24.2. The third-order valence-electron chi connectivity index (χ3n) is 7.89. The van der Waals surface area contributed by atoms with Crippen LogP contribution in [0.2, 0.25) is 0 Å². The monoisotopic (exact) mass is 380 g/mol.